The summed E-state index contributed by atoms with van der Waals surface area (Å²) in [6, 6.07) is 7.37. The highest BCUT2D eigenvalue weighted by molar-refractivity contribution is 5.81. The van der Waals surface area contributed by atoms with E-state index in [-0.39, 0.29) is 5.91 Å². The van der Waals surface area contributed by atoms with Crippen LogP contribution in [-0.4, -0.2) is 41.9 Å². The van der Waals surface area contributed by atoms with Crippen LogP contribution in [0.3, 0.4) is 0 Å². The van der Waals surface area contributed by atoms with E-state index in [1.165, 1.54) is 12.2 Å². The standard InChI is InChI=1S/C17H21N3O4/c1-11-18-19-16(24-11)14-8-6-13(7-9-14)15(17(21)20(2)22-3)23-10-12-4-5-12/h6-9,12,15H,4-5,10H2,1-3H3. The summed E-state index contributed by atoms with van der Waals surface area (Å²) in [5.41, 5.74) is 1.57. The highest BCUT2D eigenvalue weighted by atomic mass is 16.7. The molecule has 2 aromatic rings. The summed E-state index contributed by atoms with van der Waals surface area (Å²) in [5.74, 6) is 1.29. The number of aryl methyl sites for hydroxylation is 1. The quantitative estimate of drug-likeness (QED) is 0.726. The van der Waals surface area contributed by atoms with E-state index in [0.717, 1.165) is 24.0 Å². The first-order valence-corrected chi connectivity index (χ1v) is 7.92. The zero-order valence-corrected chi connectivity index (χ0v) is 14.1. The van der Waals surface area contributed by atoms with E-state index in [1.807, 2.05) is 24.3 Å². The van der Waals surface area contributed by atoms with Gasteiger partial charge in [-0.05, 0) is 36.5 Å². The lowest BCUT2D eigenvalue weighted by Crippen LogP contribution is -2.32. The number of carbonyl (C=O) groups is 1. The average molecular weight is 331 g/mol. The van der Waals surface area contributed by atoms with Crippen LogP contribution in [0.5, 0.6) is 0 Å². The number of nitrogens with zero attached hydrogens (tertiary/aromatic N) is 3. The zero-order chi connectivity index (χ0) is 17.1. The molecule has 128 valence electrons. The number of amides is 1. The number of hydroxylamine groups is 2. The fourth-order valence-electron chi connectivity index (χ4n) is 2.30. The molecule has 0 bridgehead atoms. The SMILES string of the molecule is CON(C)C(=O)C(OCC1CC1)c1ccc(-c2nnc(C)o2)cc1. The predicted octanol–water partition coefficient (Wildman–Crippen LogP) is 2.53. The molecule has 1 aliphatic carbocycles. The summed E-state index contributed by atoms with van der Waals surface area (Å²) < 4.78 is 11.3. The Morgan fingerprint density at radius 1 is 1.33 bits per heavy atom. The van der Waals surface area contributed by atoms with Crippen LogP contribution in [0, 0.1) is 12.8 Å². The van der Waals surface area contributed by atoms with Crippen LogP contribution in [0.1, 0.15) is 30.4 Å². The second-order valence-corrected chi connectivity index (χ2v) is 5.92. The van der Waals surface area contributed by atoms with Gasteiger partial charge in [-0.3, -0.25) is 9.63 Å². The Balaban J connectivity index is 1.79. The van der Waals surface area contributed by atoms with Crippen molar-refractivity contribution >= 4 is 5.91 Å². The van der Waals surface area contributed by atoms with Crippen molar-refractivity contribution in [3.63, 3.8) is 0 Å². The van der Waals surface area contributed by atoms with Gasteiger partial charge in [0.25, 0.3) is 5.91 Å². The van der Waals surface area contributed by atoms with Crippen LogP contribution in [0.25, 0.3) is 11.5 Å². The molecule has 1 amide bonds. The lowest BCUT2D eigenvalue weighted by molar-refractivity contribution is -0.181. The second kappa shape index (κ2) is 7.11. The Hall–Kier alpha value is -2.25. The summed E-state index contributed by atoms with van der Waals surface area (Å²) in [4.78, 5) is 17.5. The third-order valence-corrected chi connectivity index (χ3v) is 3.99. The number of hydrogen-bond donors (Lipinski definition) is 0. The molecule has 1 fully saturated rings. The van der Waals surface area contributed by atoms with Gasteiger partial charge in [-0.15, -0.1) is 10.2 Å². The largest absolute Gasteiger partial charge is 0.421 e. The lowest BCUT2D eigenvalue weighted by Gasteiger charge is -2.22. The first kappa shape index (κ1) is 16.6. The first-order valence-electron chi connectivity index (χ1n) is 7.92. The van der Waals surface area contributed by atoms with Gasteiger partial charge >= 0.3 is 0 Å². The van der Waals surface area contributed by atoms with Crippen molar-refractivity contribution < 1.29 is 18.8 Å². The Labute approximate surface area is 140 Å². The molecule has 24 heavy (non-hydrogen) atoms. The van der Waals surface area contributed by atoms with Crippen molar-refractivity contribution in [1.82, 2.24) is 15.3 Å². The van der Waals surface area contributed by atoms with Gasteiger partial charge in [-0.25, -0.2) is 5.06 Å². The van der Waals surface area contributed by atoms with Gasteiger partial charge in [0, 0.05) is 19.5 Å². The predicted molar refractivity (Wildman–Crippen MR) is 85.7 cm³/mol. The summed E-state index contributed by atoms with van der Waals surface area (Å²) in [7, 11) is 3.03. The maximum atomic E-state index is 12.5. The van der Waals surface area contributed by atoms with E-state index in [4.69, 9.17) is 14.0 Å². The zero-order valence-electron chi connectivity index (χ0n) is 14.1. The van der Waals surface area contributed by atoms with Gasteiger partial charge in [-0.2, -0.15) is 0 Å². The summed E-state index contributed by atoms with van der Waals surface area (Å²) in [6.07, 6.45) is 1.64. The molecular formula is C17H21N3O4. The minimum atomic E-state index is -0.686. The molecule has 1 saturated carbocycles. The van der Waals surface area contributed by atoms with E-state index < -0.39 is 6.10 Å². The number of benzene rings is 1. The highest BCUT2D eigenvalue weighted by Crippen LogP contribution is 2.32. The molecule has 1 aromatic heterocycles. The fraction of sp³-hybridized carbons (Fsp3) is 0.471. The number of ether oxygens (including phenoxy) is 1. The summed E-state index contributed by atoms with van der Waals surface area (Å²) in [5, 5.41) is 9.00. The van der Waals surface area contributed by atoms with Crippen molar-refractivity contribution in [3.05, 3.63) is 35.7 Å². The van der Waals surface area contributed by atoms with Gasteiger partial charge in [0.05, 0.1) is 13.7 Å². The molecule has 1 aromatic carbocycles. The molecule has 1 heterocycles. The Morgan fingerprint density at radius 3 is 2.58 bits per heavy atom. The first-order chi connectivity index (χ1) is 11.6. The van der Waals surface area contributed by atoms with Gasteiger partial charge in [0.15, 0.2) is 6.10 Å². The number of hydrogen-bond acceptors (Lipinski definition) is 6. The molecule has 0 radical (unpaired) electrons. The van der Waals surface area contributed by atoms with E-state index >= 15 is 0 Å². The van der Waals surface area contributed by atoms with Crippen molar-refractivity contribution in [2.45, 2.75) is 25.9 Å². The molecule has 0 aliphatic heterocycles. The van der Waals surface area contributed by atoms with E-state index in [9.17, 15) is 4.79 Å². The molecule has 1 aliphatic rings. The van der Waals surface area contributed by atoms with Crippen molar-refractivity contribution in [3.8, 4) is 11.5 Å². The van der Waals surface area contributed by atoms with Crippen LogP contribution in [0.2, 0.25) is 0 Å². The van der Waals surface area contributed by atoms with Crippen molar-refractivity contribution in [1.29, 1.82) is 0 Å². The maximum absolute atomic E-state index is 12.5. The normalized spacial score (nSPS) is 15.3. The van der Waals surface area contributed by atoms with Crippen molar-refractivity contribution in [2.24, 2.45) is 5.92 Å². The third-order valence-electron chi connectivity index (χ3n) is 3.99. The molecular weight excluding hydrogens is 310 g/mol. The van der Waals surface area contributed by atoms with Crippen molar-refractivity contribution in [2.75, 3.05) is 20.8 Å². The third kappa shape index (κ3) is 3.80. The molecule has 0 spiro atoms. The summed E-state index contributed by atoms with van der Waals surface area (Å²) >= 11 is 0. The smallest absolute Gasteiger partial charge is 0.279 e. The molecule has 7 heteroatoms. The van der Waals surface area contributed by atoms with E-state index in [0.29, 0.717) is 24.3 Å². The number of carbonyl (C=O) groups excluding carboxylic acids is 1. The lowest BCUT2D eigenvalue weighted by atomic mass is 10.1. The van der Waals surface area contributed by atoms with E-state index in [1.54, 1.807) is 14.0 Å². The van der Waals surface area contributed by atoms with Crippen LogP contribution < -0.4 is 0 Å². The van der Waals surface area contributed by atoms with Crippen LogP contribution >= 0.6 is 0 Å². The van der Waals surface area contributed by atoms with Gasteiger partial charge < -0.3 is 9.15 Å². The molecule has 0 N–H and O–H groups in total. The molecule has 3 rings (SSSR count). The van der Waals surface area contributed by atoms with Gasteiger partial charge in [0.2, 0.25) is 11.8 Å². The summed E-state index contributed by atoms with van der Waals surface area (Å²) in [6.45, 7) is 2.32. The molecule has 0 saturated heterocycles. The Morgan fingerprint density at radius 2 is 2.04 bits per heavy atom. The molecule has 1 unspecified atom stereocenters. The minimum Gasteiger partial charge on any atom is -0.421 e. The molecule has 1 atom stereocenters. The van der Waals surface area contributed by atoms with Crippen LogP contribution in [-0.2, 0) is 14.4 Å². The highest BCUT2D eigenvalue weighted by Gasteiger charge is 2.29. The number of aromatic nitrogens is 2. The van der Waals surface area contributed by atoms with Crippen LogP contribution in [0.15, 0.2) is 28.7 Å². The second-order valence-electron chi connectivity index (χ2n) is 5.92. The van der Waals surface area contributed by atoms with Crippen LogP contribution in [0.4, 0.5) is 0 Å². The monoisotopic (exact) mass is 331 g/mol. The Bertz CT molecular complexity index is 694. The van der Waals surface area contributed by atoms with Gasteiger partial charge in [0.1, 0.15) is 0 Å². The average Bonchev–Trinajstić information content (AvgIpc) is 3.33. The molecule has 7 nitrogen and oxygen atoms in total. The topological polar surface area (TPSA) is 77.7 Å². The Kier molecular flexibility index (Phi) is 4.92. The van der Waals surface area contributed by atoms with E-state index in [2.05, 4.69) is 10.2 Å². The number of likely N-dealkylation sites (N-methyl/N-ethyl adjacent to an activating group) is 1. The fourth-order valence-corrected chi connectivity index (χ4v) is 2.30. The number of rotatable bonds is 7. The van der Waals surface area contributed by atoms with Gasteiger partial charge in [-0.1, -0.05) is 12.1 Å². The maximum Gasteiger partial charge on any atom is 0.279 e. The minimum absolute atomic E-state index is 0.237.